The van der Waals surface area contributed by atoms with Crippen molar-refractivity contribution < 1.29 is 45.0 Å². The lowest BCUT2D eigenvalue weighted by Gasteiger charge is -2.29. The lowest BCUT2D eigenvalue weighted by atomic mass is 10.1. The zero-order valence-corrected chi connectivity index (χ0v) is 10.9. The molecule has 11 nitrogen and oxygen atoms in total. The predicted molar refractivity (Wildman–Crippen MR) is 65.4 cm³/mol. The highest BCUT2D eigenvalue weighted by Gasteiger charge is 2.39. The first-order chi connectivity index (χ1) is 9.58. The minimum absolute atomic E-state index is 0.313. The summed E-state index contributed by atoms with van der Waals surface area (Å²) in [6, 6.07) is -1.90. The van der Waals surface area contributed by atoms with E-state index in [0.717, 1.165) is 0 Å². The lowest BCUT2D eigenvalue weighted by molar-refractivity contribution is -0.193. The number of nitrogens with one attached hydrogen (secondary N) is 2. The van der Waals surface area contributed by atoms with Crippen molar-refractivity contribution in [1.29, 1.82) is 0 Å². The molecule has 2 unspecified atom stereocenters. The van der Waals surface area contributed by atoms with Gasteiger partial charge in [-0.2, -0.15) is 0 Å². The van der Waals surface area contributed by atoms with Crippen molar-refractivity contribution in [3.05, 3.63) is 0 Å². The van der Waals surface area contributed by atoms with Gasteiger partial charge in [0, 0.05) is 0 Å². The van der Waals surface area contributed by atoms with Crippen molar-refractivity contribution >= 4 is 17.9 Å². The molecule has 0 aliphatic carbocycles. The van der Waals surface area contributed by atoms with Crippen molar-refractivity contribution in [2.24, 2.45) is 0 Å². The summed E-state index contributed by atoms with van der Waals surface area (Å²) < 4.78 is 0. The molecule has 0 rings (SSSR count). The number of aliphatic carboxylic acids is 3. The summed E-state index contributed by atoms with van der Waals surface area (Å²) in [7, 11) is 0. The molecule has 122 valence electrons. The van der Waals surface area contributed by atoms with Gasteiger partial charge >= 0.3 is 17.9 Å². The molecular formula is C10H18N2O9. The summed E-state index contributed by atoms with van der Waals surface area (Å²) in [6.07, 6.45) is -2.07. The number of aliphatic hydroxyl groups is 3. The van der Waals surface area contributed by atoms with E-state index in [1.165, 1.54) is 0 Å². The monoisotopic (exact) mass is 310 g/mol. The van der Waals surface area contributed by atoms with Gasteiger partial charge in [-0.05, 0) is 13.0 Å². The van der Waals surface area contributed by atoms with Crippen LogP contribution in [0.2, 0.25) is 0 Å². The number of carbonyl (C=O) groups is 3. The summed E-state index contributed by atoms with van der Waals surface area (Å²) >= 11 is 0. The molecular weight excluding hydrogens is 292 g/mol. The third-order valence-electron chi connectivity index (χ3n) is 2.42. The topological polar surface area (TPSA) is 197 Å². The van der Waals surface area contributed by atoms with E-state index in [9.17, 15) is 24.6 Å². The van der Waals surface area contributed by atoms with Crippen LogP contribution >= 0.6 is 0 Å². The van der Waals surface area contributed by atoms with E-state index in [0.29, 0.717) is 0 Å². The van der Waals surface area contributed by atoms with Crippen LogP contribution in [0.25, 0.3) is 0 Å². The summed E-state index contributed by atoms with van der Waals surface area (Å²) in [5.74, 6) is -7.21. The van der Waals surface area contributed by atoms with E-state index in [4.69, 9.17) is 20.4 Å². The molecule has 0 aromatic rings. The van der Waals surface area contributed by atoms with Crippen LogP contribution in [0.15, 0.2) is 0 Å². The van der Waals surface area contributed by atoms with Gasteiger partial charge in [-0.3, -0.25) is 14.9 Å². The maximum atomic E-state index is 10.9. The quantitative estimate of drug-likeness (QED) is 0.174. The number of carboxylic acid groups (broad SMARTS) is 3. The number of aliphatic hydroxyl groups excluding tert-OH is 1. The van der Waals surface area contributed by atoms with Gasteiger partial charge in [0.15, 0.2) is 12.1 Å². The number of hydrogen-bond acceptors (Lipinski definition) is 8. The fourth-order valence-corrected chi connectivity index (χ4v) is 1.39. The first-order valence-corrected chi connectivity index (χ1v) is 5.82. The van der Waals surface area contributed by atoms with Crippen molar-refractivity contribution in [3.63, 3.8) is 0 Å². The van der Waals surface area contributed by atoms with Gasteiger partial charge in [0.1, 0.15) is 0 Å². The molecule has 0 aliphatic rings. The average Bonchev–Trinajstić information content (AvgIpc) is 2.32. The van der Waals surface area contributed by atoms with Crippen molar-refractivity contribution in [2.45, 2.75) is 24.4 Å². The van der Waals surface area contributed by atoms with Gasteiger partial charge in [0.2, 0.25) is 5.79 Å². The maximum absolute atomic E-state index is 10.9. The molecule has 0 saturated carbocycles. The molecule has 0 saturated heterocycles. The fraction of sp³-hybridized carbons (Fsp3) is 0.700. The number of rotatable bonds is 11. The molecule has 0 amide bonds. The second-order valence-electron chi connectivity index (χ2n) is 4.24. The molecule has 0 heterocycles. The predicted octanol–water partition coefficient (Wildman–Crippen LogP) is -3.78. The van der Waals surface area contributed by atoms with Gasteiger partial charge in [-0.1, -0.05) is 0 Å². The fourth-order valence-electron chi connectivity index (χ4n) is 1.39. The van der Waals surface area contributed by atoms with E-state index in [-0.39, 0.29) is 13.0 Å². The lowest BCUT2D eigenvalue weighted by Crippen LogP contribution is -2.60. The first kappa shape index (κ1) is 19.2. The van der Waals surface area contributed by atoms with E-state index in [2.05, 4.69) is 10.6 Å². The van der Waals surface area contributed by atoms with E-state index >= 15 is 0 Å². The smallest absolute Gasteiger partial charge is 0.332 e. The van der Waals surface area contributed by atoms with Crippen LogP contribution in [0.5, 0.6) is 0 Å². The van der Waals surface area contributed by atoms with Crippen LogP contribution < -0.4 is 10.6 Å². The second kappa shape index (κ2) is 8.49. The zero-order chi connectivity index (χ0) is 16.6. The van der Waals surface area contributed by atoms with Gasteiger partial charge < -0.3 is 36.0 Å². The van der Waals surface area contributed by atoms with Gasteiger partial charge in [-0.15, -0.1) is 0 Å². The van der Waals surface area contributed by atoms with Crippen LogP contribution in [0, 0.1) is 0 Å². The SMILES string of the molecule is O=C(O)CNCC(O)(O)C(NCCC(O)C(=O)O)C(=O)O. The Hall–Kier alpha value is -1.79. The van der Waals surface area contributed by atoms with Crippen molar-refractivity contribution in [3.8, 4) is 0 Å². The van der Waals surface area contributed by atoms with Gasteiger partial charge in [-0.25, -0.2) is 4.79 Å². The normalized spacial score (nSPS) is 14.4. The number of carboxylic acids is 3. The molecule has 2 atom stereocenters. The Labute approximate surface area is 118 Å². The number of hydrogen-bond donors (Lipinski definition) is 8. The Kier molecular flexibility index (Phi) is 7.76. The summed E-state index contributed by atoms with van der Waals surface area (Å²) in [5.41, 5.74) is 0. The standard InChI is InChI=1S/C10H18N2O9/c13-5(8(16)17)1-2-12-7(9(18)19)10(20,21)4-11-3-6(14)15/h5,7,11-13,20-21H,1-4H2,(H,14,15)(H,16,17)(H,18,19). The molecule has 0 bridgehead atoms. The zero-order valence-electron chi connectivity index (χ0n) is 10.9. The largest absolute Gasteiger partial charge is 0.480 e. The highest BCUT2D eigenvalue weighted by atomic mass is 16.5. The molecule has 21 heavy (non-hydrogen) atoms. The van der Waals surface area contributed by atoms with Crippen molar-refractivity contribution in [2.75, 3.05) is 19.6 Å². The van der Waals surface area contributed by atoms with Gasteiger partial charge in [0.05, 0.1) is 13.1 Å². The summed E-state index contributed by atoms with van der Waals surface area (Å²) in [6.45, 7) is -1.66. The highest BCUT2D eigenvalue weighted by Crippen LogP contribution is 2.07. The third-order valence-corrected chi connectivity index (χ3v) is 2.42. The Bertz CT molecular complexity index is 385. The van der Waals surface area contributed by atoms with Crippen LogP contribution in [0.1, 0.15) is 6.42 Å². The van der Waals surface area contributed by atoms with E-state index in [1.807, 2.05) is 0 Å². The molecule has 0 fully saturated rings. The molecule has 0 aromatic heterocycles. The molecule has 0 aliphatic heterocycles. The third kappa shape index (κ3) is 7.53. The Morgan fingerprint density at radius 3 is 2.05 bits per heavy atom. The molecule has 0 spiro atoms. The average molecular weight is 310 g/mol. The van der Waals surface area contributed by atoms with Crippen molar-refractivity contribution in [1.82, 2.24) is 10.6 Å². The molecule has 8 N–H and O–H groups in total. The first-order valence-electron chi connectivity index (χ1n) is 5.82. The van der Waals surface area contributed by atoms with Crippen LogP contribution in [-0.4, -0.2) is 86.1 Å². The summed E-state index contributed by atoms with van der Waals surface area (Å²) in [4.78, 5) is 31.6. The van der Waals surface area contributed by atoms with Gasteiger partial charge in [0.25, 0.3) is 0 Å². The Morgan fingerprint density at radius 2 is 1.62 bits per heavy atom. The summed E-state index contributed by atoms with van der Waals surface area (Å²) in [5, 5.41) is 58.2. The highest BCUT2D eigenvalue weighted by molar-refractivity contribution is 5.75. The second-order valence-corrected chi connectivity index (χ2v) is 4.24. The molecule has 11 heteroatoms. The minimum atomic E-state index is -2.81. The Morgan fingerprint density at radius 1 is 1.05 bits per heavy atom. The minimum Gasteiger partial charge on any atom is -0.480 e. The van der Waals surface area contributed by atoms with Crippen LogP contribution in [-0.2, 0) is 14.4 Å². The maximum Gasteiger partial charge on any atom is 0.332 e. The van der Waals surface area contributed by atoms with E-state index < -0.39 is 48.9 Å². The van der Waals surface area contributed by atoms with E-state index in [1.54, 1.807) is 0 Å². The van der Waals surface area contributed by atoms with Crippen LogP contribution in [0.3, 0.4) is 0 Å². The Balaban J connectivity index is 4.47. The van der Waals surface area contributed by atoms with Crippen LogP contribution in [0.4, 0.5) is 0 Å². The molecule has 0 aromatic carbocycles. The molecule has 0 radical (unpaired) electrons.